The minimum absolute atomic E-state index is 0.330. The van der Waals surface area contributed by atoms with Crippen LogP contribution in [0.3, 0.4) is 0 Å². The zero-order valence-corrected chi connectivity index (χ0v) is 5.79. The van der Waals surface area contributed by atoms with Crippen molar-refractivity contribution >= 4 is 0 Å². The van der Waals surface area contributed by atoms with Gasteiger partial charge in [0.15, 0.2) is 0 Å². The van der Waals surface area contributed by atoms with Crippen LogP contribution >= 0.6 is 0 Å². The smallest absolute Gasteiger partial charge is 0.214 e. The monoisotopic (exact) mass is 139 g/mol. The molecular formula is C6H7N2O2-. The average Bonchev–Trinajstić information content (AvgIpc) is 1.93. The molecule has 1 aromatic heterocycles. The first-order valence-corrected chi connectivity index (χ1v) is 2.77. The van der Waals surface area contributed by atoms with Gasteiger partial charge in [0.25, 0.3) is 0 Å². The summed E-state index contributed by atoms with van der Waals surface area (Å²) in [4.78, 5) is 21.6. The maximum Gasteiger partial charge on any atom is 0.214 e. The van der Waals surface area contributed by atoms with Crippen molar-refractivity contribution in [1.29, 1.82) is 0 Å². The molecule has 10 heavy (non-hydrogen) atoms. The summed E-state index contributed by atoms with van der Waals surface area (Å²) in [6, 6.07) is 1.22. The summed E-state index contributed by atoms with van der Waals surface area (Å²) >= 11 is 0. The Morgan fingerprint density at radius 1 is 1.40 bits per heavy atom. The van der Waals surface area contributed by atoms with Crippen molar-refractivity contribution in [3.05, 3.63) is 33.1 Å². The minimum atomic E-state index is -0.354. The Morgan fingerprint density at radius 2 is 2.00 bits per heavy atom. The highest BCUT2D eigenvalue weighted by Crippen LogP contribution is 1.64. The third kappa shape index (κ3) is 0.877. The quantitative estimate of drug-likeness (QED) is 0.427. The maximum absolute atomic E-state index is 10.9. The third-order valence-corrected chi connectivity index (χ3v) is 1.29. The minimum Gasteiger partial charge on any atom is -0.412 e. The van der Waals surface area contributed by atoms with E-state index in [0.717, 1.165) is 4.57 Å². The van der Waals surface area contributed by atoms with Gasteiger partial charge in [-0.3, -0.25) is 0 Å². The zero-order chi connectivity index (χ0) is 7.72. The number of nitrogens with zero attached hydrogens (tertiary/aromatic N) is 2. The molecule has 4 nitrogen and oxygen atoms in total. The topological polar surface area (TPSA) is 44.0 Å². The van der Waals surface area contributed by atoms with Gasteiger partial charge >= 0.3 is 0 Å². The van der Waals surface area contributed by atoms with Gasteiger partial charge in [-0.2, -0.15) is 0 Å². The van der Waals surface area contributed by atoms with Crippen molar-refractivity contribution < 1.29 is 0 Å². The van der Waals surface area contributed by atoms with E-state index < -0.39 is 0 Å². The van der Waals surface area contributed by atoms with E-state index in [1.165, 1.54) is 17.7 Å². The Hall–Kier alpha value is -1.32. The number of aryl methyl sites for hydroxylation is 1. The van der Waals surface area contributed by atoms with Crippen molar-refractivity contribution in [2.75, 3.05) is 0 Å². The summed E-state index contributed by atoms with van der Waals surface area (Å²) in [5.74, 6) is 0. The molecule has 1 rings (SSSR count). The maximum atomic E-state index is 10.9. The first-order valence-electron chi connectivity index (χ1n) is 2.77. The van der Waals surface area contributed by atoms with Gasteiger partial charge in [0.1, 0.15) is 5.56 Å². The summed E-state index contributed by atoms with van der Waals surface area (Å²) in [6.07, 6.45) is 2.48. The van der Waals surface area contributed by atoms with Crippen LogP contribution in [-0.2, 0) is 14.1 Å². The van der Waals surface area contributed by atoms with E-state index >= 15 is 0 Å². The van der Waals surface area contributed by atoms with E-state index in [4.69, 9.17) is 0 Å². The van der Waals surface area contributed by atoms with E-state index in [1.807, 2.05) is 0 Å². The predicted molar refractivity (Wildman–Crippen MR) is 35.8 cm³/mol. The molecule has 0 aromatic carbocycles. The van der Waals surface area contributed by atoms with Crippen molar-refractivity contribution in [3.8, 4) is 0 Å². The molecule has 0 bridgehead atoms. The summed E-state index contributed by atoms with van der Waals surface area (Å²) in [5, 5.41) is 0. The lowest BCUT2D eigenvalue weighted by molar-refractivity contribution is 0.681. The van der Waals surface area contributed by atoms with Gasteiger partial charge in [-0.1, -0.05) is 12.3 Å². The lowest BCUT2D eigenvalue weighted by atomic mass is 10.6. The molecule has 0 radical (unpaired) electrons. The van der Waals surface area contributed by atoms with Crippen molar-refractivity contribution in [2.24, 2.45) is 14.1 Å². The molecule has 1 aromatic rings. The highest BCUT2D eigenvalue weighted by atomic mass is 16.2. The largest absolute Gasteiger partial charge is 0.412 e. The van der Waals surface area contributed by atoms with E-state index in [9.17, 15) is 9.59 Å². The Bertz CT molecular complexity index is 348. The van der Waals surface area contributed by atoms with Gasteiger partial charge in [0.05, 0.1) is 0 Å². The standard InChI is InChI=1S/C6H7N2O2/c1-7-4-3-5(9)8(2)6(7)10/h3H,1-2H3/q-1. The molecule has 54 valence electrons. The highest BCUT2D eigenvalue weighted by Gasteiger charge is 1.83. The Labute approximate surface area is 57.3 Å². The molecule has 1 heterocycles. The van der Waals surface area contributed by atoms with Gasteiger partial charge < -0.3 is 18.7 Å². The number of aromatic nitrogens is 2. The van der Waals surface area contributed by atoms with Crippen LogP contribution in [0.15, 0.2) is 15.7 Å². The van der Waals surface area contributed by atoms with Crippen LogP contribution in [0, 0.1) is 6.20 Å². The first-order chi connectivity index (χ1) is 4.63. The number of hydrogen-bond acceptors (Lipinski definition) is 2. The SMILES string of the molecule is Cn1[c-]cc(=O)n(C)c1=O. The first kappa shape index (κ1) is 6.80. The summed E-state index contributed by atoms with van der Waals surface area (Å²) in [5.41, 5.74) is -0.685. The van der Waals surface area contributed by atoms with Crippen molar-refractivity contribution in [2.45, 2.75) is 0 Å². The Morgan fingerprint density at radius 3 is 2.50 bits per heavy atom. The molecule has 0 spiro atoms. The van der Waals surface area contributed by atoms with Crippen molar-refractivity contribution in [1.82, 2.24) is 9.13 Å². The average molecular weight is 139 g/mol. The molecule has 0 saturated heterocycles. The van der Waals surface area contributed by atoms with E-state index in [1.54, 1.807) is 7.05 Å². The fourth-order valence-electron chi connectivity index (χ4n) is 0.623. The summed E-state index contributed by atoms with van der Waals surface area (Å²) < 4.78 is 2.25. The third-order valence-electron chi connectivity index (χ3n) is 1.29. The Kier molecular flexibility index (Phi) is 1.45. The van der Waals surface area contributed by atoms with Crippen LogP contribution in [0.2, 0.25) is 0 Å². The summed E-state index contributed by atoms with van der Waals surface area (Å²) in [7, 11) is 2.97. The van der Waals surface area contributed by atoms with Crippen LogP contribution in [0.1, 0.15) is 0 Å². The normalized spacial score (nSPS) is 9.80. The number of hydrogen-bond donors (Lipinski definition) is 0. The van der Waals surface area contributed by atoms with E-state index in [2.05, 4.69) is 6.20 Å². The lowest BCUT2D eigenvalue weighted by Crippen LogP contribution is -2.35. The predicted octanol–water partition coefficient (Wildman–Crippen LogP) is -1.12. The van der Waals surface area contributed by atoms with E-state index in [-0.39, 0.29) is 11.2 Å². The molecule has 0 aliphatic rings. The molecule has 0 N–H and O–H groups in total. The van der Waals surface area contributed by atoms with Crippen molar-refractivity contribution in [3.63, 3.8) is 0 Å². The second-order valence-electron chi connectivity index (χ2n) is 2.01. The molecule has 0 amide bonds. The second kappa shape index (κ2) is 2.13. The Balaban J connectivity index is 3.66. The summed E-state index contributed by atoms with van der Waals surface area (Å²) in [6.45, 7) is 0. The molecular weight excluding hydrogens is 132 g/mol. The van der Waals surface area contributed by atoms with Crippen LogP contribution in [-0.4, -0.2) is 9.13 Å². The molecule has 0 saturated carbocycles. The van der Waals surface area contributed by atoms with Gasteiger partial charge in [0.2, 0.25) is 5.69 Å². The highest BCUT2D eigenvalue weighted by molar-refractivity contribution is 4.81. The molecule has 0 aliphatic carbocycles. The number of rotatable bonds is 0. The fraction of sp³-hybridized carbons (Fsp3) is 0.333. The lowest BCUT2D eigenvalue weighted by Gasteiger charge is -2.07. The van der Waals surface area contributed by atoms with E-state index in [0.29, 0.717) is 0 Å². The second-order valence-corrected chi connectivity index (χ2v) is 2.01. The van der Waals surface area contributed by atoms with Crippen LogP contribution in [0.5, 0.6) is 0 Å². The molecule has 4 heteroatoms. The molecule has 0 fully saturated rings. The molecule has 0 atom stereocenters. The fourth-order valence-corrected chi connectivity index (χ4v) is 0.623. The van der Waals surface area contributed by atoms with Gasteiger partial charge in [0, 0.05) is 0 Å². The van der Waals surface area contributed by atoms with Gasteiger partial charge in [-0.25, -0.2) is 0 Å². The van der Waals surface area contributed by atoms with Crippen LogP contribution < -0.4 is 11.2 Å². The molecule has 0 unspecified atom stereocenters. The zero-order valence-electron chi connectivity index (χ0n) is 5.79. The van der Waals surface area contributed by atoms with Gasteiger partial charge in [-0.15, -0.1) is 0 Å². The van der Waals surface area contributed by atoms with Crippen LogP contribution in [0.4, 0.5) is 0 Å². The van der Waals surface area contributed by atoms with Crippen LogP contribution in [0.25, 0.3) is 0 Å². The van der Waals surface area contributed by atoms with Gasteiger partial charge in [-0.05, 0) is 14.1 Å². The molecule has 0 aliphatic heterocycles.